The van der Waals surface area contributed by atoms with E-state index in [1.807, 2.05) is 30.0 Å². The molecule has 0 bridgehead atoms. The number of fused-ring (bicyclic) bond motifs is 1. The SMILES string of the molecule is O[C@@H]1CCSc2ccccc21. The van der Waals surface area contributed by atoms with Crippen LogP contribution in [-0.4, -0.2) is 10.9 Å². The smallest absolute Gasteiger partial charge is 0.0808 e. The van der Waals surface area contributed by atoms with E-state index >= 15 is 0 Å². The molecule has 58 valence electrons. The number of benzene rings is 1. The normalized spacial score (nSPS) is 22.8. The number of aliphatic hydroxyl groups excluding tert-OH is 1. The molecule has 1 N–H and O–H groups in total. The first-order chi connectivity index (χ1) is 5.38. The molecule has 1 aliphatic rings. The fraction of sp³-hybridized carbons (Fsp3) is 0.333. The summed E-state index contributed by atoms with van der Waals surface area (Å²) in [6, 6.07) is 8.08. The molecule has 0 aromatic heterocycles. The number of thioether (sulfide) groups is 1. The number of rotatable bonds is 0. The third kappa shape index (κ3) is 1.28. The van der Waals surface area contributed by atoms with Crippen LogP contribution in [0, 0.1) is 0 Å². The van der Waals surface area contributed by atoms with Crippen molar-refractivity contribution in [3.8, 4) is 0 Å². The van der Waals surface area contributed by atoms with Crippen molar-refractivity contribution in [3.63, 3.8) is 0 Å². The van der Waals surface area contributed by atoms with Gasteiger partial charge in [-0.2, -0.15) is 0 Å². The molecular weight excluding hydrogens is 156 g/mol. The third-order valence-corrected chi connectivity index (χ3v) is 3.05. The van der Waals surface area contributed by atoms with Crippen LogP contribution in [0.5, 0.6) is 0 Å². The van der Waals surface area contributed by atoms with Gasteiger partial charge in [-0.05, 0) is 18.1 Å². The van der Waals surface area contributed by atoms with Crippen molar-refractivity contribution in [2.24, 2.45) is 0 Å². The van der Waals surface area contributed by atoms with Crippen molar-refractivity contribution >= 4 is 11.8 Å². The van der Waals surface area contributed by atoms with Crippen LogP contribution in [0.2, 0.25) is 0 Å². The largest absolute Gasteiger partial charge is 0.388 e. The lowest BCUT2D eigenvalue weighted by atomic mass is 10.1. The van der Waals surface area contributed by atoms with Crippen LogP contribution in [0.3, 0.4) is 0 Å². The van der Waals surface area contributed by atoms with E-state index in [2.05, 4.69) is 6.07 Å². The Balaban J connectivity index is 2.44. The highest BCUT2D eigenvalue weighted by atomic mass is 32.2. The van der Waals surface area contributed by atoms with E-state index in [-0.39, 0.29) is 6.10 Å². The van der Waals surface area contributed by atoms with Gasteiger partial charge < -0.3 is 5.11 Å². The molecule has 11 heavy (non-hydrogen) atoms. The molecule has 2 heteroatoms. The molecule has 0 radical (unpaired) electrons. The topological polar surface area (TPSA) is 20.2 Å². The van der Waals surface area contributed by atoms with E-state index in [1.54, 1.807) is 0 Å². The summed E-state index contributed by atoms with van der Waals surface area (Å²) >= 11 is 1.83. The minimum Gasteiger partial charge on any atom is -0.388 e. The maximum absolute atomic E-state index is 9.55. The van der Waals surface area contributed by atoms with Crippen molar-refractivity contribution in [2.75, 3.05) is 5.75 Å². The highest BCUT2D eigenvalue weighted by molar-refractivity contribution is 7.99. The molecule has 0 aliphatic carbocycles. The predicted octanol–water partition coefficient (Wildman–Crippen LogP) is 2.22. The standard InChI is InChI=1S/C9H10OS/c10-8-5-6-11-9-4-2-1-3-7(8)9/h1-4,8,10H,5-6H2/t8-/m1/s1. The number of hydrogen-bond acceptors (Lipinski definition) is 2. The van der Waals surface area contributed by atoms with Gasteiger partial charge in [0.05, 0.1) is 6.10 Å². The number of aliphatic hydroxyl groups is 1. The molecule has 1 atom stereocenters. The molecule has 0 fully saturated rings. The predicted molar refractivity (Wildman–Crippen MR) is 46.7 cm³/mol. The second-order valence-electron chi connectivity index (χ2n) is 2.69. The zero-order valence-electron chi connectivity index (χ0n) is 6.16. The summed E-state index contributed by atoms with van der Waals surface area (Å²) in [7, 11) is 0. The Morgan fingerprint density at radius 3 is 3.00 bits per heavy atom. The van der Waals surface area contributed by atoms with Crippen molar-refractivity contribution < 1.29 is 5.11 Å². The van der Waals surface area contributed by atoms with Gasteiger partial charge in [-0.25, -0.2) is 0 Å². The molecule has 1 nitrogen and oxygen atoms in total. The van der Waals surface area contributed by atoms with E-state index in [1.165, 1.54) is 4.90 Å². The van der Waals surface area contributed by atoms with Crippen molar-refractivity contribution in [2.45, 2.75) is 17.4 Å². The number of hydrogen-bond donors (Lipinski definition) is 1. The summed E-state index contributed by atoms with van der Waals surface area (Å²) in [6.07, 6.45) is 0.661. The van der Waals surface area contributed by atoms with E-state index in [9.17, 15) is 5.11 Å². The molecular formula is C9H10OS. The van der Waals surface area contributed by atoms with E-state index < -0.39 is 0 Å². The van der Waals surface area contributed by atoms with E-state index in [0.717, 1.165) is 17.7 Å². The summed E-state index contributed by atoms with van der Waals surface area (Å²) in [5, 5.41) is 9.55. The second kappa shape index (κ2) is 2.88. The average molecular weight is 166 g/mol. The summed E-state index contributed by atoms with van der Waals surface area (Å²) in [4.78, 5) is 1.24. The van der Waals surface area contributed by atoms with Gasteiger partial charge in [0.15, 0.2) is 0 Å². The molecule has 1 aliphatic heterocycles. The molecule has 1 aromatic rings. The van der Waals surface area contributed by atoms with E-state index in [4.69, 9.17) is 0 Å². The maximum Gasteiger partial charge on any atom is 0.0808 e. The second-order valence-corrected chi connectivity index (χ2v) is 3.83. The van der Waals surface area contributed by atoms with Crippen LogP contribution in [0.1, 0.15) is 18.1 Å². The van der Waals surface area contributed by atoms with Crippen molar-refractivity contribution in [3.05, 3.63) is 29.8 Å². The van der Waals surface area contributed by atoms with E-state index in [0.29, 0.717) is 0 Å². The Labute approximate surface area is 70.4 Å². The Hall–Kier alpha value is -0.470. The molecule has 0 spiro atoms. The molecule has 0 amide bonds. The van der Waals surface area contributed by atoms with Crippen molar-refractivity contribution in [1.29, 1.82) is 0 Å². The van der Waals surface area contributed by atoms with Crippen LogP contribution in [-0.2, 0) is 0 Å². The van der Waals surface area contributed by atoms with Gasteiger partial charge in [0.25, 0.3) is 0 Å². The maximum atomic E-state index is 9.55. The molecule has 0 saturated heterocycles. The summed E-state index contributed by atoms with van der Waals surface area (Å²) in [6.45, 7) is 0. The summed E-state index contributed by atoms with van der Waals surface area (Å²) in [5.41, 5.74) is 1.10. The minimum atomic E-state index is -0.229. The molecule has 0 unspecified atom stereocenters. The van der Waals surface area contributed by atoms with Gasteiger partial charge in [0.2, 0.25) is 0 Å². The van der Waals surface area contributed by atoms with Gasteiger partial charge in [0.1, 0.15) is 0 Å². The van der Waals surface area contributed by atoms with Crippen LogP contribution in [0.4, 0.5) is 0 Å². The first-order valence-electron chi connectivity index (χ1n) is 3.78. The zero-order chi connectivity index (χ0) is 7.68. The van der Waals surface area contributed by atoms with Crippen LogP contribution < -0.4 is 0 Å². The van der Waals surface area contributed by atoms with Gasteiger partial charge in [-0.15, -0.1) is 11.8 Å². The first kappa shape index (κ1) is 7.19. The van der Waals surface area contributed by atoms with Gasteiger partial charge in [0, 0.05) is 10.6 Å². The molecule has 0 saturated carbocycles. The minimum absolute atomic E-state index is 0.229. The monoisotopic (exact) mass is 166 g/mol. The van der Waals surface area contributed by atoms with Crippen LogP contribution in [0.25, 0.3) is 0 Å². The van der Waals surface area contributed by atoms with Crippen LogP contribution >= 0.6 is 11.8 Å². The fourth-order valence-corrected chi connectivity index (χ4v) is 2.43. The molecule has 1 aromatic carbocycles. The zero-order valence-corrected chi connectivity index (χ0v) is 6.97. The molecule has 1 heterocycles. The highest BCUT2D eigenvalue weighted by Crippen LogP contribution is 2.35. The quantitative estimate of drug-likeness (QED) is 0.637. The van der Waals surface area contributed by atoms with Gasteiger partial charge in [-0.1, -0.05) is 18.2 Å². The van der Waals surface area contributed by atoms with Gasteiger partial charge >= 0.3 is 0 Å². The molecule has 2 rings (SSSR count). The first-order valence-corrected chi connectivity index (χ1v) is 4.76. The fourth-order valence-electron chi connectivity index (χ4n) is 1.32. The Kier molecular flexibility index (Phi) is 1.88. The van der Waals surface area contributed by atoms with Gasteiger partial charge in [-0.3, -0.25) is 0 Å². The summed E-state index contributed by atoms with van der Waals surface area (Å²) < 4.78 is 0. The third-order valence-electron chi connectivity index (χ3n) is 1.93. The Morgan fingerprint density at radius 2 is 2.18 bits per heavy atom. The Morgan fingerprint density at radius 1 is 1.36 bits per heavy atom. The summed E-state index contributed by atoms with van der Waals surface area (Å²) in [5.74, 6) is 1.04. The lowest BCUT2D eigenvalue weighted by molar-refractivity contribution is 0.170. The lowest BCUT2D eigenvalue weighted by Crippen LogP contribution is -2.05. The average Bonchev–Trinajstić information content (AvgIpc) is 2.06. The highest BCUT2D eigenvalue weighted by Gasteiger charge is 2.16. The van der Waals surface area contributed by atoms with Crippen molar-refractivity contribution in [1.82, 2.24) is 0 Å². The van der Waals surface area contributed by atoms with Crippen LogP contribution in [0.15, 0.2) is 29.2 Å². The lowest BCUT2D eigenvalue weighted by Gasteiger charge is -2.19. The Bertz CT molecular complexity index is 259.